The third-order valence-corrected chi connectivity index (χ3v) is 8.02. The number of carbonyl (C=O) groups is 1. The van der Waals surface area contributed by atoms with Gasteiger partial charge in [0.15, 0.2) is 0 Å². The number of sulfonamides is 1. The van der Waals surface area contributed by atoms with E-state index in [0.29, 0.717) is 16.1 Å². The number of aromatic nitrogens is 2. The van der Waals surface area contributed by atoms with Crippen molar-refractivity contribution < 1.29 is 13.2 Å². The second-order valence-electron chi connectivity index (χ2n) is 7.67. The van der Waals surface area contributed by atoms with Crippen LogP contribution in [0.1, 0.15) is 39.3 Å². The largest absolute Gasteiger partial charge is 0.397 e. The Morgan fingerprint density at radius 3 is 2.59 bits per heavy atom. The van der Waals surface area contributed by atoms with Gasteiger partial charge in [-0.25, -0.2) is 18.4 Å². The minimum Gasteiger partial charge on any atom is -0.397 e. The number of hydrogen-bond acceptors (Lipinski definition) is 7. The Hall–Kier alpha value is -3.30. The zero-order chi connectivity index (χ0) is 22.3. The summed E-state index contributed by atoms with van der Waals surface area (Å²) in [6.45, 7) is 0. The fraction of sp³-hybridized carbons (Fsp3) is 0.174. The van der Waals surface area contributed by atoms with Crippen LogP contribution in [0.3, 0.4) is 0 Å². The van der Waals surface area contributed by atoms with Crippen LogP contribution in [-0.2, 0) is 22.9 Å². The fourth-order valence-electron chi connectivity index (χ4n) is 3.86. The van der Waals surface area contributed by atoms with Crippen molar-refractivity contribution in [2.75, 3.05) is 10.5 Å². The Kier molecular flexibility index (Phi) is 5.15. The number of benzene rings is 1. The highest BCUT2D eigenvalue weighted by molar-refractivity contribution is 7.92. The first kappa shape index (κ1) is 20.6. The monoisotopic (exact) mass is 464 g/mol. The summed E-state index contributed by atoms with van der Waals surface area (Å²) < 4.78 is 27.6. The van der Waals surface area contributed by atoms with E-state index in [9.17, 15) is 13.2 Å². The number of aryl methyl sites for hydroxylation is 2. The zero-order valence-corrected chi connectivity index (χ0v) is 18.7. The van der Waals surface area contributed by atoms with Crippen molar-refractivity contribution in [1.82, 2.24) is 9.97 Å². The number of nitrogens with zero attached hydrogens (tertiary/aromatic N) is 2. The maximum Gasteiger partial charge on any atom is 0.263 e. The van der Waals surface area contributed by atoms with Gasteiger partial charge in [0.2, 0.25) is 5.78 Å². The van der Waals surface area contributed by atoms with E-state index in [1.54, 1.807) is 18.2 Å². The van der Waals surface area contributed by atoms with Gasteiger partial charge in [-0.15, -0.1) is 11.3 Å². The fourth-order valence-corrected chi connectivity index (χ4v) is 5.93. The maximum absolute atomic E-state index is 13.1. The van der Waals surface area contributed by atoms with Crippen molar-refractivity contribution in [3.05, 3.63) is 76.4 Å². The number of pyridine rings is 2. The molecule has 0 saturated carbocycles. The summed E-state index contributed by atoms with van der Waals surface area (Å²) >= 11 is 1.29. The average Bonchev–Trinajstić information content (AvgIpc) is 3.13. The maximum atomic E-state index is 13.1. The van der Waals surface area contributed by atoms with Gasteiger partial charge >= 0.3 is 0 Å². The highest BCUT2D eigenvalue weighted by Gasteiger charge is 2.22. The van der Waals surface area contributed by atoms with Gasteiger partial charge in [0.25, 0.3) is 10.0 Å². The first-order valence-corrected chi connectivity index (χ1v) is 12.5. The van der Waals surface area contributed by atoms with E-state index in [1.165, 1.54) is 47.4 Å². The molecule has 1 aliphatic rings. The molecule has 162 valence electrons. The number of thiophene rings is 1. The van der Waals surface area contributed by atoms with Crippen LogP contribution in [0.4, 0.5) is 11.5 Å². The molecule has 4 aromatic rings. The highest BCUT2D eigenvalue weighted by Crippen LogP contribution is 2.36. The molecule has 0 unspecified atom stereocenters. The zero-order valence-electron chi connectivity index (χ0n) is 17.0. The van der Waals surface area contributed by atoms with Gasteiger partial charge in [-0.2, -0.15) is 0 Å². The van der Waals surface area contributed by atoms with Crippen LogP contribution in [0.2, 0.25) is 0 Å². The highest BCUT2D eigenvalue weighted by atomic mass is 32.2. The van der Waals surface area contributed by atoms with Gasteiger partial charge in [-0.05, 0) is 73.7 Å². The van der Waals surface area contributed by atoms with Gasteiger partial charge in [0.05, 0.1) is 10.6 Å². The number of anilines is 2. The number of nitrogen functional groups attached to an aromatic ring is 1. The molecule has 32 heavy (non-hydrogen) atoms. The molecule has 3 heterocycles. The molecule has 3 N–H and O–H groups in total. The quantitative estimate of drug-likeness (QED) is 0.428. The molecular weight excluding hydrogens is 444 g/mol. The lowest BCUT2D eigenvalue weighted by molar-refractivity contribution is 0.104. The smallest absolute Gasteiger partial charge is 0.263 e. The van der Waals surface area contributed by atoms with Crippen molar-refractivity contribution in [2.45, 2.75) is 30.6 Å². The van der Waals surface area contributed by atoms with E-state index in [-0.39, 0.29) is 16.5 Å². The number of ketones is 1. The Morgan fingerprint density at radius 2 is 1.84 bits per heavy atom. The molecule has 0 bridgehead atoms. The van der Waals surface area contributed by atoms with Crippen molar-refractivity contribution in [3.63, 3.8) is 0 Å². The van der Waals surface area contributed by atoms with E-state index in [1.807, 2.05) is 0 Å². The summed E-state index contributed by atoms with van der Waals surface area (Å²) in [5, 5.41) is 0.817. The molecule has 7 nitrogen and oxygen atoms in total. The Balaban J connectivity index is 1.43. The molecule has 5 rings (SSSR count). The van der Waals surface area contributed by atoms with Crippen molar-refractivity contribution in [3.8, 4) is 0 Å². The molecule has 0 aliphatic heterocycles. The number of hydrogen-bond donors (Lipinski definition) is 2. The minimum absolute atomic E-state index is 0.0401. The van der Waals surface area contributed by atoms with Crippen molar-refractivity contribution >= 4 is 48.9 Å². The van der Waals surface area contributed by atoms with Crippen LogP contribution in [0.5, 0.6) is 0 Å². The second-order valence-corrected chi connectivity index (χ2v) is 10.4. The Labute approximate surface area is 189 Å². The summed E-state index contributed by atoms with van der Waals surface area (Å²) in [5.74, 6) is -0.0222. The third kappa shape index (κ3) is 3.74. The van der Waals surface area contributed by atoms with Gasteiger partial charge in [0.1, 0.15) is 15.5 Å². The Morgan fingerprint density at radius 1 is 1.06 bits per heavy atom. The minimum atomic E-state index is -3.81. The summed E-state index contributed by atoms with van der Waals surface area (Å²) in [7, 11) is -3.81. The molecule has 9 heteroatoms. The predicted octanol–water partition coefficient (Wildman–Crippen LogP) is 4.18. The van der Waals surface area contributed by atoms with Crippen LogP contribution >= 0.6 is 11.3 Å². The summed E-state index contributed by atoms with van der Waals surface area (Å²) in [5.41, 5.74) is 9.44. The van der Waals surface area contributed by atoms with Crippen molar-refractivity contribution in [1.29, 1.82) is 0 Å². The lowest BCUT2D eigenvalue weighted by Gasteiger charge is -2.14. The van der Waals surface area contributed by atoms with Gasteiger partial charge in [0, 0.05) is 22.8 Å². The van der Waals surface area contributed by atoms with E-state index in [4.69, 9.17) is 10.7 Å². The molecule has 0 atom stereocenters. The molecule has 0 radical (unpaired) electrons. The van der Waals surface area contributed by atoms with E-state index >= 15 is 0 Å². The van der Waals surface area contributed by atoms with Crippen LogP contribution in [0, 0.1) is 0 Å². The van der Waals surface area contributed by atoms with E-state index < -0.39 is 10.0 Å². The molecule has 0 saturated heterocycles. The number of carbonyl (C=O) groups excluding carboxylic acids is 1. The lowest BCUT2D eigenvalue weighted by Crippen LogP contribution is -2.14. The third-order valence-electron chi connectivity index (χ3n) is 5.54. The van der Waals surface area contributed by atoms with Gasteiger partial charge < -0.3 is 5.73 Å². The van der Waals surface area contributed by atoms with Gasteiger partial charge in [-0.3, -0.25) is 9.52 Å². The topological polar surface area (TPSA) is 115 Å². The SMILES string of the molecule is Nc1c(C(=O)c2ccc(S(=O)(=O)Nc3ccccn3)cc2)sc2nc3c(cc12)CCCC3. The molecule has 1 aliphatic carbocycles. The standard InChI is InChI=1S/C23H20N4O3S2/c24-20-17-13-15-5-1-2-6-18(15)26-23(17)31-22(20)21(28)14-8-10-16(11-9-14)32(29,30)27-19-7-3-4-12-25-19/h3-4,7-13H,1-2,5-6,24H2,(H,25,27). The van der Waals surface area contributed by atoms with Crippen LogP contribution in [0.25, 0.3) is 10.2 Å². The van der Waals surface area contributed by atoms with Crippen LogP contribution in [-0.4, -0.2) is 24.2 Å². The first-order valence-electron chi connectivity index (χ1n) is 10.2. The van der Waals surface area contributed by atoms with Crippen LogP contribution < -0.4 is 10.5 Å². The second kappa shape index (κ2) is 7.99. The number of nitrogens with two attached hydrogens (primary N) is 1. The average molecular weight is 465 g/mol. The van der Waals surface area contributed by atoms with Crippen LogP contribution in [0.15, 0.2) is 59.6 Å². The number of nitrogens with one attached hydrogen (secondary N) is 1. The van der Waals surface area contributed by atoms with Gasteiger partial charge in [-0.1, -0.05) is 6.07 Å². The van der Waals surface area contributed by atoms with E-state index in [2.05, 4.69) is 15.8 Å². The molecule has 0 amide bonds. The van der Waals surface area contributed by atoms with E-state index in [0.717, 1.165) is 41.6 Å². The summed E-state index contributed by atoms with van der Waals surface area (Å²) in [4.78, 5) is 23.1. The van der Waals surface area contributed by atoms with Crippen molar-refractivity contribution in [2.24, 2.45) is 0 Å². The summed E-state index contributed by atoms with van der Waals surface area (Å²) in [6.07, 6.45) is 5.71. The molecule has 0 fully saturated rings. The normalized spacial score (nSPS) is 13.6. The predicted molar refractivity (Wildman–Crippen MR) is 126 cm³/mol. The molecule has 0 spiro atoms. The first-order chi connectivity index (χ1) is 15.4. The molecule has 1 aromatic carbocycles. The molecular formula is C23H20N4O3S2. The molecule has 3 aromatic heterocycles. The lowest BCUT2D eigenvalue weighted by atomic mass is 9.95. The summed E-state index contributed by atoms with van der Waals surface area (Å²) in [6, 6.07) is 12.8. The number of rotatable bonds is 5. The number of fused-ring (bicyclic) bond motifs is 2. The Bertz CT molecular complexity index is 1430.